The van der Waals surface area contributed by atoms with E-state index >= 15 is 0 Å². The second kappa shape index (κ2) is 8.87. The Kier molecular flexibility index (Phi) is 7.10. The molecule has 0 saturated heterocycles. The minimum Gasteiger partial charge on any atom is -0.352 e. The molecular weight excluding hydrogens is 407 g/mol. The summed E-state index contributed by atoms with van der Waals surface area (Å²) in [5, 5.41) is 3.75. The van der Waals surface area contributed by atoms with Gasteiger partial charge in [-0.15, -0.1) is 0 Å². The van der Waals surface area contributed by atoms with Crippen LogP contribution in [0.15, 0.2) is 47.4 Å². The minimum atomic E-state index is -3.76. The predicted molar refractivity (Wildman–Crippen MR) is 99.6 cm³/mol. The van der Waals surface area contributed by atoms with Gasteiger partial charge in [0.25, 0.3) is 0 Å². The van der Waals surface area contributed by atoms with Crippen LogP contribution >= 0.6 is 34.8 Å². The molecular formula is C16H15Cl3N2O3S. The molecule has 9 heteroatoms. The molecule has 0 saturated carbocycles. The number of amides is 1. The molecule has 0 spiro atoms. The van der Waals surface area contributed by atoms with Gasteiger partial charge in [0.15, 0.2) is 0 Å². The summed E-state index contributed by atoms with van der Waals surface area (Å²) >= 11 is 17.7. The topological polar surface area (TPSA) is 75.3 Å². The maximum absolute atomic E-state index is 12.1. The van der Waals surface area contributed by atoms with Crippen molar-refractivity contribution < 1.29 is 13.2 Å². The van der Waals surface area contributed by atoms with Crippen LogP contribution in [0.1, 0.15) is 12.0 Å². The fraction of sp³-hybridized carbons (Fsp3) is 0.188. The van der Waals surface area contributed by atoms with Crippen molar-refractivity contribution in [2.45, 2.75) is 17.9 Å². The summed E-state index contributed by atoms with van der Waals surface area (Å²) in [5.74, 6) is -0.312. The fourth-order valence-electron chi connectivity index (χ4n) is 1.99. The van der Waals surface area contributed by atoms with Gasteiger partial charge in [0.05, 0.1) is 5.02 Å². The van der Waals surface area contributed by atoms with Gasteiger partial charge in [0, 0.05) is 29.6 Å². The third kappa shape index (κ3) is 5.87. The highest BCUT2D eigenvalue weighted by molar-refractivity contribution is 7.89. The lowest BCUT2D eigenvalue weighted by Crippen LogP contribution is -2.30. The normalized spacial score (nSPS) is 11.3. The zero-order valence-corrected chi connectivity index (χ0v) is 16.0. The summed E-state index contributed by atoms with van der Waals surface area (Å²) in [4.78, 5) is 11.8. The summed E-state index contributed by atoms with van der Waals surface area (Å²) in [6.45, 7) is 0.180. The summed E-state index contributed by atoms with van der Waals surface area (Å²) in [6.07, 6.45) is -0.0190. The second-order valence-corrected chi connectivity index (χ2v) is 8.08. The highest BCUT2D eigenvalue weighted by Crippen LogP contribution is 2.21. The summed E-state index contributed by atoms with van der Waals surface area (Å²) < 4.78 is 26.6. The van der Waals surface area contributed by atoms with E-state index in [1.54, 1.807) is 30.3 Å². The molecule has 0 aromatic heterocycles. The van der Waals surface area contributed by atoms with Crippen LogP contribution in [0.3, 0.4) is 0 Å². The molecule has 0 unspecified atom stereocenters. The maximum atomic E-state index is 12.1. The number of carbonyl (C=O) groups excluding carboxylic acids is 1. The Bertz CT molecular complexity index is 873. The van der Waals surface area contributed by atoms with Crippen molar-refractivity contribution in [3.63, 3.8) is 0 Å². The lowest BCUT2D eigenvalue weighted by Gasteiger charge is -2.09. The molecule has 25 heavy (non-hydrogen) atoms. The zero-order chi connectivity index (χ0) is 18.4. The number of nitrogens with one attached hydrogen (secondary N) is 2. The molecule has 0 fully saturated rings. The molecule has 0 aliphatic rings. The smallest absolute Gasteiger partial charge is 0.242 e. The van der Waals surface area contributed by atoms with Gasteiger partial charge in [-0.3, -0.25) is 4.79 Å². The first-order chi connectivity index (χ1) is 11.8. The van der Waals surface area contributed by atoms with Gasteiger partial charge >= 0.3 is 0 Å². The molecule has 0 radical (unpaired) electrons. The van der Waals surface area contributed by atoms with Crippen LogP contribution in [0.2, 0.25) is 15.1 Å². The second-order valence-electron chi connectivity index (χ2n) is 5.09. The van der Waals surface area contributed by atoms with E-state index in [2.05, 4.69) is 10.0 Å². The lowest BCUT2D eigenvalue weighted by atomic mass is 10.2. The standard InChI is InChI=1S/C16H15Cl3N2O3S/c17-12-6-5-11(14(19)9-12)10-20-16(22)7-8-21-25(23,24)15-4-2-1-3-13(15)18/h1-6,9,21H,7-8,10H2,(H,20,22). The third-order valence-corrected chi connectivity index (χ3v) is 5.81. The van der Waals surface area contributed by atoms with Crippen molar-refractivity contribution in [1.82, 2.24) is 10.0 Å². The van der Waals surface area contributed by atoms with Gasteiger partial charge in [-0.2, -0.15) is 0 Å². The average molecular weight is 422 g/mol. The van der Waals surface area contributed by atoms with E-state index in [-0.39, 0.29) is 35.3 Å². The zero-order valence-electron chi connectivity index (χ0n) is 12.9. The van der Waals surface area contributed by atoms with Crippen LogP contribution in [-0.4, -0.2) is 20.9 Å². The van der Waals surface area contributed by atoms with E-state index in [1.807, 2.05) is 0 Å². The summed E-state index contributed by atoms with van der Waals surface area (Å²) in [7, 11) is -3.76. The monoisotopic (exact) mass is 420 g/mol. The number of hydrogen-bond acceptors (Lipinski definition) is 3. The van der Waals surface area contributed by atoms with Crippen LogP contribution in [0.25, 0.3) is 0 Å². The Balaban J connectivity index is 1.83. The summed E-state index contributed by atoms with van der Waals surface area (Å²) in [6, 6.07) is 11.1. The Labute approximate surface area is 161 Å². The van der Waals surface area contributed by atoms with Crippen LogP contribution < -0.4 is 10.0 Å². The van der Waals surface area contributed by atoms with Gasteiger partial charge in [-0.1, -0.05) is 53.0 Å². The van der Waals surface area contributed by atoms with E-state index in [0.717, 1.165) is 5.56 Å². The molecule has 0 aliphatic heterocycles. The predicted octanol–water partition coefficient (Wildman–Crippen LogP) is 3.63. The number of carbonyl (C=O) groups is 1. The number of rotatable bonds is 7. The highest BCUT2D eigenvalue weighted by atomic mass is 35.5. The van der Waals surface area contributed by atoms with Gasteiger partial charge in [-0.05, 0) is 29.8 Å². The third-order valence-electron chi connectivity index (χ3n) is 3.26. The first-order valence-corrected chi connectivity index (χ1v) is 9.86. The Hall–Kier alpha value is -1.31. The molecule has 1 amide bonds. The van der Waals surface area contributed by atoms with Crippen molar-refractivity contribution in [1.29, 1.82) is 0 Å². The van der Waals surface area contributed by atoms with E-state index in [0.29, 0.717) is 10.0 Å². The molecule has 2 rings (SSSR count). The molecule has 134 valence electrons. The Morgan fingerprint density at radius 1 is 1.00 bits per heavy atom. The van der Waals surface area contributed by atoms with Gasteiger partial charge in [0.2, 0.25) is 15.9 Å². The van der Waals surface area contributed by atoms with Crippen LogP contribution in [0.4, 0.5) is 0 Å². The molecule has 0 atom stereocenters. The molecule has 2 N–H and O–H groups in total. The molecule has 2 aromatic carbocycles. The van der Waals surface area contributed by atoms with Crippen molar-refractivity contribution in [3.05, 3.63) is 63.1 Å². The lowest BCUT2D eigenvalue weighted by molar-refractivity contribution is -0.121. The SMILES string of the molecule is O=C(CCNS(=O)(=O)c1ccccc1Cl)NCc1ccc(Cl)cc1Cl. The van der Waals surface area contributed by atoms with Crippen LogP contribution in [-0.2, 0) is 21.4 Å². The largest absolute Gasteiger partial charge is 0.352 e. The number of sulfonamides is 1. The van der Waals surface area contributed by atoms with Crippen LogP contribution in [0, 0.1) is 0 Å². The van der Waals surface area contributed by atoms with Crippen molar-refractivity contribution in [2.75, 3.05) is 6.54 Å². The van der Waals surface area contributed by atoms with Gasteiger partial charge in [-0.25, -0.2) is 13.1 Å². The van der Waals surface area contributed by atoms with Gasteiger partial charge in [0.1, 0.15) is 4.90 Å². The first kappa shape index (κ1) is 20.0. The Morgan fingerprint density at radius 3 is 2.40 bits per heavy atom. The van der Waals surface area contributed by atoms with E-state index in [1.165, 1.54) is 12.1 Å². The van der Waals surface area contributed by atoms with Crippen molar-refractivity contribution >= 4 is 50.7 Å². The number of halogens is 3. The molecule has 0 bridgehead atoms. The Morgan fingerprint density at radius 2 is 1.72 bits per heavy atom. The average Bonchev–Trinajstić information content (AvgIpc) is 2.54. The minimum absolute atomic E-state index is 0.0190. The van der Waals surface area contributed by atoms with Crippen molar-refractivity contribution in [2.24, 2.45) is 0 Å². The van der Waals surface area contributed by atoms with Gasteiger partial charge < -0.3 is 5.32 Å². The first-order valence-electron chi connectivity index (χ1n) is 7.24. The summed E-state index contributed by atoms with van der Waals surface area (Å²) in [5.41, 5.74) is 0.719. The molecule has 0 heterocycles. The number of hydrogen-bond donors (Lipinski definition) is 2. The quantitative estimate of drug-likeness (QED) is 0.717. The molecule has 5 nitrogen and oxygen atoms in total. The highest BCUT2D eigenvalue weighted by Gasteiger charge is 2.17. The van der Waals surface area contributed by atoms with Crippen molar-refractivity contribution in [3.8, 4) is 0 Å². The molecule has 0 aliphatic carbocycles. The van der Waals surface area contributed by atoms with Crippen LogP contribution in [0.5, 0.6) is 0 Å². The number of benzene rings is 2. The van der Waals surface area contributed by atoms with E-state index in [9.17, 15) is 13.2 Å². The maximum Gasteiger partial charge on any atom is 0.242 e. The van der Waals surface area contributed by atoms with E-state index in [4.69, 9.17) is 34.8 Å². The molecule has 2 aromatic rings. The van der Waals surface area contributed by atoms with E-state index < -0.39 is 10.0 Å². The fourth-order valence-corrected chi connectivity index (χ4v) is 4.01.